The van der Waals surface area contributed by atoms with Gasteiger partial charge in [-0.1, -0.05) is 19.4 Å². The molecule has 0 amide bonds. The van der Waals surface area contributed by atoms with E-state index >= 15 is 0 Å². The smallest absolute Gasteiger partial charge is 0.137 e. The van der Waals surface area contributed by atoms with Crippen molar-refractivity contribution in [2.45, 2.75) is 33.2 Å². The second-order valence-electron chi connectivity index (χ2n) is 5.37. The second kappa shape index (κ2) is 4.73. The number of hydrogen-bond donors (Lipinski definition) is 0. The third kappa shape index (κ3) is 2.03. The average Bonchev–Trinajstić information content (AvgIpc) is 2.97. The number of aryl methyl sites for hydroxylation is 1. The molecule has 0 aliphatic carbocycles. The van der Waals surface area contributed by atoms with Crippen LogP contribution in [0.1, 0.15) is 31.2 Å². The zero-order valence-corrected chi connectivity index (χ0v) is 11.3. The zero-order valence-electron chi connectivity index (χ0n) is 11.3. The van der Waals surface area contributed by atoms with Gasteiger partial charge in [-0.05, 0) is 37.9 Å². The fourth-order valence-corrected chi connectivity index (χ4v) is 2.92. The molecule has 0 aromatic carbocycles. The van der Waals surface area contributed by atoms with Crippen LogP contribution in [0.3, 0.4) is 0 Å². The van der Waals surface area contributed by atoms with Gasteiger partial charge in [0.15, 0.2) is 0 Å². The van der Waals surface area contributed by atoms with E-state index in [-0.39, 0.29) is 0 Å². The lowest BCUT2D eigenvalue weighted by molar-refractivity contribution is 0.311. The number of aromatic nitrogens is 2. The number of rotatable bonds is 3. The van der Waals surface area contributed by atoms with E-state index < -0.39 is 0 Å². The molecule has 1 unspecified atom stereocenters. The van der Waals surface area contributed by atoms with Crippen LogP contribution >= 0.6 is 0 Å². The van der Waals surface area contributed by atoms with E-state index in [1.165, 1.54) is 37.3 Å². The maximum Gasteiger partial charge on any atom is 0.137 e. The van der Waals surface area contributed by atoms with Crippen LogP contribution in [0.15, 0.2) is 24.4 Å². The molecular formula is C15H21N3. The van der Waals surface area contributed by atoms with Gasteiger partial charge in [-0.3, -0.25) is 4.90 Å². The highest BCUT2D eigenvalue weighted by molar-refractivity contribution is 5.42. The molecule has 0 saturated carbocycles. The average molecular weight is 243 g/mol. The predicted octanol–water partition coefficient (Wildman–Crippen LogP) is 2.87. The lowest BCUT2D eigenvalue weighted by Gasteiger charge is -2.14. The molecule has 1 atom stereocenters. The summed E-state index contributed by atoms with van der Waals surface area (Å²) in [6, 6.07) is 6.19. The minimum atomic E-state index is 0.891. The van der Waals surface area contributed by atoms with Gasteiger partial charge in [0, 0.05) is 25.0 Å². The molecule has 1 aliphatic rings. The highest BCUT2D eigenvalue weighted by Gasteiger charge is 2.22. The third-order valence-corrected chi connectivity index (χ3v) is 4.19. The Morgan fingerprint density at radius 3 is 3.00 bits per heavy atom. The monoisotopic (exact) mass is 243 g/mol. The van der Waals surface area contributed by atoms with Crippen LogP contribution in [0, 0.1) is 12.8 Å². The minimum absolute atomic E-state index is 0.891. The topological polar surface area (TPSA) is 20.5 Å². The maximum absolute atomic E-state index is 4.75. The molecule has 18 heavy (non-hydrogen) atoms. The molecule has 0 radical (unpaired) electrons. The predicted molar refractivity (Wildman–Crippen MR) is 73.6 cm³/mol. The number of fused-ring (bicyclic) bond motifs is 1. The van der Waals surface area contributed by atoms with Crippen LogP contribution in [0.25, 0.3) is 5.65 Å². The number of nitrogens with zero attached hydrogens (tertiary/aromatic N) is 3. The summed E-state index contributed by atoms with van der Waals surface area (Å²) in [5.74, 6) is 0.891. The van der Waals surface area contributed by atoms with E-state index in [1.807, 2.05) is 0 Å². The van der Waals surface area contributed by atoms with Gasteiger partial charge in [-0.15, -0.1) is 0 Å². The minimum Gasteiger partial charge on any atom is -0.304 e. The van der Waals surface area contributed by atoms with Crippen molar-refractivity contribution in [2.75, 3.05) is 13.1 Å². The summed E-state index contributed by atoms with van der Waals surface area (Å²) in [5, 5.41) is 0. The van der Waals surface area contributed by atoms with Gasteiger partial charge in [0.25, 0.3) is 0 Å². The SMILES string of the molecule is CCC1CCN(Cc2nc3ccccn3c2C)C1. The van der Waals surface area contributed by atoms with Crippen LogP contribution in [0.2, 0.25) is 0 Å². The molecule has 1 aliphatic heterocycles. The van der Waals surface area contributed by atoms with E-state index in [4.69, 9.17) is 4.98 Å². The molecule has 0 N–H and O–H groups in total. The molecule has 0 bridgehead atoms. The van der Waals surface area contributed by atoms with Crippen molar-refractivity contribution >= 4 is 5.65 Å². The molecule has 3 rings (SSSR count). The fraction of sp³-hybridized carbons (Fsp3) is 0.533. The van der Waals surface area contributed by atoms with Crippen LogP contribution in [0.4, 0.5) is 0 Å². The molecule has 1 fully saturated rings. The Morgan fingerprint density at radius 2 is 2.28 bits per heavy atom. The van der Waals surface area contributed by atoms with Gasteiger partial charge in [0.05, 0.1) is 5.69 Å². The molecule has 3 heterocycles. The van der Waals surface area contributed by atoms with Crippen molar-refractivity contribution in [1.82, 2.24) is 14.3 Å². The Kier molecular flexibility index (Phi) is 3.08. The molecule has 3 nitrogen and oxygen atoms in total. The highest BCUT2D eigenvalue weighted by atomic mass is 15.2. The van der Waals surface area contributed by atoms with Crippen molar-refractivity contribution in [3.8, 4) is 0 Å². The quantitative estimate of drug-likeness (QED) is 0.826. The van der Waals surface area contributed by atoms with E-state index in [0.717, 1.165) is 18.1 Å². The normalized spacial score (nSPS) is 20.9. The van der Waals surface area contributed by atoms with Gasteiger partial charge >= 0.3 is 0 Å². The van der Waals surface area contributed by atoms with Crippen molar-refractivity contribution in [3.63, 3.8) is 0 Å². The molecule has 2 aromatic heterocycles. The summed E-state index contributed by atoms with van der Waals surface area (Å²) in [6.07, 6.45) is 4.75. The van der Waals surface area contributed by atoms with Crippen molar-refractivity contribution in [3.05, 3.63) is 35.8 Å². The van der Waals surface area contributed by atoms with Gasteiger partial charge < -0.3 is 4.40 Å². The third-order valence-electron chi connectivity index (χ3n) is 4.19. The number of hydrogen-bond acceptors (Lipinski definition) is 2. The largest absolute Gasteiger partial charge is 0.304 e. The summed E-state index contributed by atoms with van der Waals surface area (Å²) >= 11 is 0. The van der Waals surface area contributed by atoms with Gasteiger partial charge in [-0.2, -0.15) is 0 Å². The maximum atomic E-state index is 4.75. The van der Waals surface area contributed by atoms with Crippen LogP contribution in [-0.4, -0.2) is 27.4 Å². The fourth-order valence-electron chi connectivity index (χ4n) is 2.92. The second-order valence-corrected chi connectivity index (χ2v) is 5.37. The molecule has 0 spiro atoms. The standard InChI is InChI=1S/C15H21N3/c1-3-13-7-9-17(10-13)11-14-12(2)18-8-5-4-6-15(18)16-14/h4-6,8,13H,3,7,9-11H2,1-2H3. The van der Waals surface area contributed by atoms with Gasteiger partial charge in [-0.25, -0.2) is 4.98 Å². The van der Waals surface area contributed by atoms with E-state index in [0.29, 0.717) is 0 Å². The van der Waals surface area contributed by atoms with Crippen molar-refractivity contribution in [2.24, 2.45) is 5.92 Å². The summed E-state index contributed by atoms with van der Waals surface area (Å²) in [6.45, 7) is 7.94. The van der Waals surface area contributed by atoms with Gasteiger partial charge in [0.1, 0.15) is 5.65 Å². The molecule has 3 heteroatoms. The van der Waals surface area contributed by atoms with E-state index in [9.17, 15) is 0 Å². The van der Waals surface area contributed by atoms with Crippen molar-refractivity contribution < 1.29 is 0 Å². The van der Waals surface area contributed by atoms with E-state index in [1.54, 1.807) is 0 Å². The lowest BCUT2D eigenvalue weighted by Crippen LogP contribution is -2.20. The summed E-state index contributed by atoms with van der Waals surface area (Å²) in [7, 11) is 0. The molecule has 1 saturated heterocycles. The Hall–Kier alpha value is -1.35. The Balaban J connectivity index is 1.81. The summed E-state index contributed by atoms with van der Waals surface area (Å²) in [4.78, 5) is 7.29. The number of pyridine rings is 1. The number of likely N-dealkylation sites (tertiary alicyclic amines) is 1. The number of imidazole rings is 1. The lowest BCUT2D eigenvalue weighted by atomic mass is 10.1. The van der Waals surface area contributed by atoms with Crippen LogP contribution in [-0.2, 0) is 6.54 Å². The first-order chi connectivity index (χ1) is 8.78. The Bertz CT molecular complexity index is 544. The van der Waals surface area contributed by atoms with Crippen molar-refractivity contribution in [1.29, 1.82) is 0 Å². The Labute approximate surface area is 108 Å². The summed E-state index contributed by atoms with van der Waals surface area (Å²) < 4.78 is 2.18. The molecular weight excluding hydrogens is 222 g/mol. The van der Waals surface area contributed by atoms with Gasteiger partial charge in [0.2, 0.25) is 0 Å². The first-order valence-corrected chi connectivity index (χ1v) is 6.93. The van der Waals surface area contributed by atoms with Crippen LogP contribution < -0.4 is 0 Å². The zero-order chi connectivity index (χ0) is 12.5. The highest BCUT2D eigenvalue weighted by Crippen LogP contribution is 2.22. The summed E-state index contributed by atoms with van der Waals surface area (Å²) in [5.41, 5.74) is 3.58. The molecule has 2 aromatic rings. The van der Waals surface area contributed by atoms with Crippen LogP contribution in [0.5, 0.6) is 0 Å². The first-order valence-electron chi connectivity index (χ1n) is 6.93. The van der Waals surface area contributed by atoms with E-state index in [2.05, 4.69) is 47.5 Å². The molecule has 96 valence electrons. The Morgan fingerprint density at radius 1 is 1.39 bits per heavy atom. The first kappa shape index (κ1) is 11.7.